The van der Waals surface area contributed by atoms with Gasteiger partial charge in [-0.15, -0.1) is 0 Å². The Balaban J connectivity index is 1.84. The van der Waals surface area contributed by atoms with Crippen molar-refractivity contribution in [2.45, 2.75) is 51.6 Å². The lowest BCUT2D eigenvalue weighted by molar-refractivity contribution is -0.139. The number of aryl methyl sites for hydroxylation is 1. The van der Waals surface area contributed by atoms with Crippen LogP contribution in [0.5, 0.6) is 17.4 Å². The molecule has 198 valence electrons. The zero-order chi connectivity index (χ0) is 27.6. The van der Waals surface area contributed by atoms with Crippen molar-refractivity contribution in [1.82, 2.24) is 9.71 Å². The van der Waals surface area contributed by atoms with Crippen molar-refractivity contribution in [3.63, 3.8) is 0 Å². The second-order valence-corrected chi connectivity index (χ2v) is 11.7. The molecule has 0 spiro atoms. The molecule has 1 unspecified atom stereocenters. The van der Waals surface area contributed by atoms with E-state index in [0.717, 1.165) is 17.7 Å². The van der Waals surface area contributed by atoms with Gasteiger partial charge in [0.1, 0.15) is 17.6 Å². The third-order valence-electron chi connectivity index (χ3n) is 5.40. The molecule has 7 nitrogen and oxygen atoms in total. The Bertz CT molecular complexity index is 1390. The Morgan fingerprint density at radius 3 is 2.24 bits per heavy atom. The van der Waals surface area contributed by atoms with E-state index >= 15 is 0 Å². The van der Waals surface area contributed by atoms with E-state index in [1.807, 2.05) is 4.72 Å². The number of alkyl halides is 3. The number of hydrogen-bond donors (Lipinski definition) is 1. The highest BCUT2D eigenvalue weighted by molar-refractivity contribution is 7.91. The molecule has 37 heavy (non-hydrogen) atoms. The van der Waals surface area contributed by atoms with Gasteiger partial charge in [-0.3, -0.25) is 4.79 Å². The van der Waals surface area contributed by atoms with Gasteiger partial charge in [-0.25, -0.2) is 18.1 Å². The molecule has 2 aromatic carbocycles. The zero-order valence-corrected chi connectivity index (χ0v) is 21.7. The topological polar surface area (TPSA) is 94.6 Å². The Morgan fingerprint density at radius 1 is 1.00 bits per heavy atom. The first-order valence-electron chi connectivity index (χ1n) is 11.2. The van der Waals surface area contributed by atoms with E-state index < -0.39 is 49.8 Å². The van der Waals surface area contributed by atoms with Crippen molar-refractivity contribution in [3.8, 4) is 17.4 Å². The molecule has 0 saturated heterocycles. The number of benzene rings is 2. The van der Waals surface area contributed by atoms with Crippen LogP contribution in [-0.2, 0) is 16.2 Å². The number of nitrogens with one attached hydrogen (secondary N) is 1. The minimum absolute atomic E-state index is 0.400. The molecule has 0 saturated carbocycles. The summed E-state index contributed by atoms with van der Waals surface area (Å²) in [5, 5.41) is 0. The standard InChI is InChI=1S/C26H27F3N2O5S/c1-16-14-18(9-11-21(16)36-23-8-6-7-13-30-23)17(2)35-22-12-10-19(15-20(22)26(27,28)29)24(32)31-37(33,34)25(3,4)5/h6-15,17H,1-5H3,(H,31,32). The largest absolute Gasteiger partial charge is 0.485 e. The molecule has 0 bridgehead atoms. The Kier molecular flexibility index (Phi) is 7.87. The second-order valence-electron chi connectivity index (χ2n) is 9.31. The van der Waals surface area contributed by atoms with Gasteiger partial charge in [0, 0.05) is 17.8 Å². The summed E-state index contributed by atoms with van der Waals surface area (Å²) in [6.07, 6.45) is -4.06. The number of amides is 1. The summed E-state index contributed by atoms with van der Waals surface area (Å²) >= 11 is 0. The van der Waals surface area contributed by atoms with E-state index in [9.17, 15) is 26.4 Å². The Morgan fingerprint density at radius 2 is 1.68 bits per heavy atom. The SMILES string of the molecule is Cc1cc(C(C)Oc2ccc(C(=O)NS(=O)(=O)C(C)(C)C)cc2C(F)(F)F)ccc1Oc1ccccn1. The number of aromatic nitrogens is 1. The van der Waals surface area contributed by atoms with Crippen LogP contribution in [0.2, 0.25) is 0 Å². The number of halogens is 3. The van der Waals surface area contributed by atoms with Crippen LogP contribution in [0.25, 0.3) is 0 Å². The minimum Gasteiger partial charge on any atom is -0.485 e. The normalized spacial score (nSPS) is 13.1. The predicted molar refractivity (Wildman–Crippen MR) is 132 cm³/mol. The van der Waals surface area contributed by atoms with E-state index in [1.165, 1.54) is 20.8 Å². The Hall–Kier alpha value is -3.60. The third kappa shape index (κ3) is 6.79. The molecule has 11 heteroatoms. The number of carbonyl (C=O) groups excluding carboxylic acids is 1. The number of hydrogen-bond acceptors (Lipinski definition) is 6. The lowest BCUT2D eigenvalue weighted by Crippen LogP contribution is -2.42. The van der Waals surface area contributed by atoms with Gasteiger partial charge in [0.2, 0.25) is 15.9 Å². The van der Waals surface area contributed by atoms with Crippen molar-refractivity contribution in [3.05, 3.63) is 83.0 Å². The molecule has 0 fully saturated rings. The molecule has 1 aromatic heterocycles. The molecule has 3 aromatic rings. The second kappa shape index (κ2) is 10.4. The summed E-state index contributed by atoms with van der Waals surface area (Å²) < 4.78 is 77.9. The number of sulfonamides is 1. The number of carbonyl (C=O) groups is 1. The highest BCUT2D eigenvalue weighted by Crippen LogP contribution is 2.39. The molecular weight excluding hydrogens is 509 g/mol. The summed E-state index contributed by atoms with van der Waals surface area (Å²) in [5.74, 6) is -0.732. The molecule has 0 radical (unpaired) electrons. The van der Waals surface area contributed by atoms with Crippen molar-refractivity contribution < 1.29 is 35.9 Å². The van der Waals surface area contributed by atoms with E-state index in [1.54, 1.807) is 56.4 Å². The number of rotatable bonds is 7. The first-order valence-corrected chi connectivity index (χ1v) is 12.7. The highest BCUT2D eigenvalue weighted by Gasteiger charge is 2.37. The third-order valence-corrected chi connectivity index (χ3v) is 7.47. The van der Waals surface area contributed by atoms with Crippen LogP contribution >= 0.6 is 0 Å². The van der Waals surface area contributed by atoms with Gasteiger partial charge in [-0.2, -0.15) is 13.2 Å². The van der Waals surface area contributed by atoms with Crippen LogP contribution in [0, 0.1) is 6.92 Å². The van der Waals surface area contributed by atoms with Crippen molar-refractivity contribution >= 4 is 15.9 Å². The monoisotopic (exact) mass is 536 g/mol. The summed E-state index contributed by atoms with van der Waals surface area (Å²) in [6, 6.07) is 13.0. The van der Waals surface area contributed by atoms with Gasteiger partial charge in [0.25, 0.3) is 5.91 Å². The maximum Gasteiger partial charge on any atom is 0.419 e. The average molecular weight is 537 g/mol. The summed E-state index contributed by atoms with van der Waals surface area (Å²) in [4.78, 5) is 16.5. The highest BCUT2D eigenvalue weighted by atomic mass is 32.2. The molecule has 0 aliphatic carbocycles. The predicted octanol–water partition coefficient (Wildman–Crippen LogP) is 6.20. The zero-order valence-electron chi connectivity index (χ0n) is 20.9. The van der Waals surface area contributed by atoms with E-state index in [4.69, 9.17) is 9.47 Å². The van der Waals surface area contributed by atoms with Crippen molar-refractivity contribution in [1.29, 1.82) is 0 Å². The van der Waals surface area contributed by atoms with E-state index in [0.29, 0.717) is 23.3 Å². The summed E-state index contributed by atoms with van der Waals surface area (Å²) in [7, 11) is -4.11. The van der Waals surface area contributed by atoms with Gasteiger partial charge in [-0.05, 0) is 82.1 Å². The minimum atomic E-state index is -4.86. The fraction of sp³-hybridized carbons (Fsp3) is 0.308. The van der Waals surface area contributed by atoms with Crippen LogP contribution in [0.4, 0.5) is 13.2 Å². The van der Waals surface area contributed by atoms with Crippen LogP contribution < -0.4 is 14.2 Å². The van der Waals surface area contributed by atoms with Crippen LogP contribution in [0.15, 0.2) is 60.8 Å². The first kappa shape index (κ1) is 28.0. The maximum absolute atomic E-state index is 13.8. The van der Waals surface area contributed by atoms with E-state index in [-0.39, 0.29) is 0 Å². The molecule has 3 rings (SSSR count). The maximum atomic E-state index is 13.8. The van der Waals surface area contributed by atoms with E-state index in [2.05, 4.69) is 4.98 Å². The number of ether oxygens (including phenoxy) is 2. The fourth-order valence-corrected chi connectivity index (χ4v) is 3.82. The molecule has 0 aliphatic rings. The average Bonchev–Trinajstić information content (AvgIpc) is 2.79. The summed E-state index contributed by atoms with van der Waals surface area (Å²) in [6.45, 7) is 7.46. The summed E-state index contributed by atoms with van der Waals surface area (Å²) in [5.41, 5.74) is -0.349. The lowest BCUT2D eigenvalue weighted by Gasteiger charge is -2.21. The van der Waals surface area contributed by atoms with Gasteiger partial charge in [0.05, 0.1) is 10.3 Å². The van der Waals surface area contributed by atoms with Gasteiger partial charge < -0.3 is 9.47 Å². The molecule has 0 aliphatic heterocycles. The van der Waals surface area contributed by atoms with Gasteiger partial charge in [0.15, 0.2) is 0 Å². The molecule has 1 amide bonds. The van der Waals surface area contributed by atoms with Crippen molar-refractivity contribution in [2.24, 2.45) is 0 Å². The smallest absolute Gasteiger partial charge is 0.419 e. The van der Waals surface area contributed by atoms with Crippen LogP contribution in [0.3, 0.4) is 0 Å². The molecular formula is C26H27F3N2O5S. The van der Waals surface area contributed by atoms with Gasteiger partial charge >= 0.3 is 6.18 Å². The molecule has 1 atom stereocenters. The lowest BCUT2D eigenvalue weighted by atomic mass is 10.1. The quantitative estimate of drug-likeness (QED) is 0.386. The van der Waals surface area contributed by atoms with Crippen molar-refractivity contribution in [2.75, 3.05) is 0 Å². The van der Waals surface area contributed by atoms with Crippen LogP contribution in [-0.4, -0.2) is 24.1 Å². The van der Waals surface area contributed by atoms with Gasteiger partial charge in [-0.1, -0.05) is 12.1 Å². The van der Waals surface area contributed by atoms with Crippen LogP contribution in [0.1, 0.15) is 60.8 Å². The molecule has 1 heterocycles. The Labute approximate surface area is 213 Å². The number of pyridine rings is 1. The number of nitrogens with zero attached hydrogens (tertiary/aromatic N) is 1. The fourth-order valence-electron chi connectivity index (χ4n) is 3.15. The molecule has 1 N–H and O–H groups in total. The first-order chi connectivity index (χ1) is 17.1.